The van der Waals surface area contributed by atoms with E-state index < -0.39 is 11.7 Å². The number of benzene rings is 1. The van der Waals surface area contributed by atoms with Crippen LogP contribution in [-0.2, 0) is 0 Å². The Hall–Kier alpha value is -1.60. The Morgan fingerprint density at radius 2 is 1.89 bits per heavy atom. The lowest BCUT2D eigenvalue weighted by Gasteiger charge is -2.16. The van der Waals surface area contributed by atoms with Gasteiger partial charge in [-0.3, -0.25) is 0 Å². The van der Waals surface area contributed by atoms with Gasteiger partial charge in [0.1, 0.15) is 0 Å². The molecule has 1 aliphatic heterocycles. The molecule has 0 atom stereocenters. The van der Waals surface area contributed by atoms with Crippen molar-refractivity contribution >= 4 is 18.1 Å². The Morgan fingerprint density at radius 3 is 2.37 bits per heavy atom. The van der Waals surface area contributed by atoms with Gasteiger partial charge in [-0.2, -0.15) is 0 Å². The second kappa shape index (κ2) is 8.49. The Morgan fingerprint density at radius 1 is 1.26 bits per heavy atom. The molecule has 6 nitrogen and oxygen atoms in total. The van der Waals surface area contributed by atoms with Crippen molar-refractivity contribution in [3.8, 4) is 5.75 Å². The van der Waals surface area contributed by atoms with Crippen LogP contribution in [0.5, 0.6) is 5.75 Å². The third kappa shape index (κ3) is 5.71. The number of aromatic carboxylic acids is 1. The van der Waals surface area contributed by atoms with Gasteiger partial charge < -0.3 is 10.2 Å². The summed E-state index contributed by atoms with van der Waals surface area (Å²) in [6.07, 6.45) is 3.82. The average Bonchev–Trinajstić information content (AvgIpc) is 2.41. The molecular weight excluding hydrogens is 268 g/mol. The van der Waals surface area contributed by atoms with E-state index in [1.165, 1.54) is 47.8 Å². The van der Waals surface area contributed by atoms with E-state index in [-0.39, 0.29) is 5.56 Å². The van der Waals surface area contributed by atoms with Gasteiger partial charge in [0, 0.05) is 0 Å². The fourth-order valence-corrected chi connectivity index (χ4v) is 2.31. The first-order chi connectivity index (χ1) is 9.15. The van der Waals surface area contributed by atoms with Gasteiger partial charge >= 0.3 is 5.97 Å². The van der Waals surface area contributed by atoms with Crippen LogP contribution in [0.1, 0.15) is 29.6 Å². The number of nitrogens with one attached hydrogen (secondary N) is 1. The second-order valence-electron chi connectivity index (χ2n) is 4.07. The maximum absolute atomic E-state index is 10.7. The fraction of sp³-hybridized carbons (Fsp3) is 0.417. The summed E-state index contributed by atoms with van der Waals surface area (Å²) >= 11 is 1.14. The highest BCUT2D eigenvalue weighted by atomic mass is 32.2. The summed E-state index contributed by atoms with van der Waals surface area (Å²) in [5.41, 5.74) is -0.178. The molecule has 1 aromatic carbocycles. The largest absolute Gasteiger partial charge is 0.872 e. The molecule has 19 heavy (non-hydrogen) atoms. The molecule has 1 fully saturated rings. The first-order valence-corrected chi connectivity index (χ1v) is 6.76. The number of carboxylic acid groups (broad SMARTS) is 1. The first-order valence-electron chi connectivity index (χ1n) is 5.99. The fourth-order valence-electron chi connectivity index (χ4n) is 1.73. The molecule has 1 aromatic rings. The number of para-hydroxylation sites is 1. The minimum absolute atomic E-state index is 0.178. The zero-order valence-electron chi connectivity index (χ0n) is 10.4. The molecule has 0 spiro atoms. The zero-order chi connectivity index (χ0) is 14.1. The van der Waals surface area contributed by atoms with Gasteiger partial charge in [0.25, 0.3) is 12.1 Å². The number of hydrogen-bond acceptors (Lipinski definition) is 5. The Labute approximate surface area is 115 Å². The number of rotatable bonds is 3. The molecule has 0 bridgehead atoms. The maximum atomic E-state index is 10.7. The van der Waals surface area contributed by atoms with Crippen LogP contribution in [-0.4, -0.2) is 24.2 Å². The SMILES string of the molecule is O=C(O)c1ccccc1[O-].O=NS[NH+]1CCCCC1. The summed E-state index contributed by atoms with van der Waals surface area (Å²) in [4.78, 5) is 20.0. The summed E-state index contributed by atoms with van der Waals surface area (Å²) in [5.74, 6) is -1.62. The molecule has 2 rings (SSSR count). The number of nitroso groups, excluding NO2 is 1. The molecule has 2 N–H and O–H groups in total. The number of nitrogens with zero attached hydrogens (tertiary/aromatic N) is 1. The lowest BCUT2D eigenvalue weighted by atomic mass is 10.2. The molecule has 1 heterocycles. The van der Waals surface area contributed by atoms with E-state index in [0.717, 1.165) is 25.2 Å². The van der Waals surface area contributed by atoms with E-state index in [4.69, 9.17) is 5.11 Å². The molecule has 0 aliphatic carbocycles. The molecular formula is C12H16N2O4S. The summed E-state index contributed by atoms with van der Waals surface area (Å²) < 4.78 is 4.06. The molecule has 0 aromatic heterocycles. The number of quaternary nitrogens is 1. The van der Waals surface area contributed by atoms with Gasteiger partial charge in [0.15, 0.2) is 0 Å². The van der Waals surface area contributed by atoms with Gasteiger partial charge in [-0.25, -0.2) is 9.10 Å². The molecule has 0 amide bonds. The predicted molar refractivity (Wildman–Crippen MR) is 70.8 cm³/mol. The highest BCUT2D eigenvalue weighted by molar-refractivity contribution is 7.91. The van der Waals surface area contributed by atoms with Crippen LogP contribution in [0.2, 0.25) is 0 Å². The average molecular weight is 284 g/mol. The van der Waals surface area contributed by atoms with Crippen molar-refractivity contribution in [3.63, 3.8) is 0 Å². The van der Waals surface area contributed by atoms with E-state index >= 15 is 0 Å². The van der Waals surface area contributed by atoms with Crippen LogP contribution in [0.3, 0.4) is 0 Å². The van der Waals surface area contributed by atoms with Gasteiger partial charge in [0.2, 0.25) is 0 Å². The Bertz CT molecular complexity index is 422. The van der Waals surface area contributed by atoms with Crippen molar-refractivity contribution in [1.82, 2.24) is 0 Å². The molecule has 1 saturated heterocycles. The zero-order valence-corrected chi connectivity index (χ0v) is 11.2. The van der Waals surface area contributed by atoms with E-state index in [0.29, 0.717) is 0 Å². The highest BCUT2D eigenvalue weighted by Gasteiger charge is 2.14. The van der Waals surface area contributed by atoms with Crippen LogP contribution in [0.15, 0.2) is 28.8 Å². The number of carboxylic acids is 1. The topological polar surface area (TPSA) is 94.2 Å². The van der Waals surface area contributed by atoms with Crippen LogP contribution in [0.4, 0.5) is 0 Å². The highest BCUT2D eigenvalue weighted by Crippen LogP contribution is 2.10. The summed E-state index contributed by atoms with van der Waals surface area (Å²) in [6, 6.07) is 5.54. The molecule has 0 radical (unpaired) electrons. The predicted octanol–water partition coefficient (Wildman–Crippen LogP) is 0.843. The number of piperidine rings is 1. The van der Waals surface area contributed by atoms with Crippen molar-refractivity contribution in [2.24, 2.45) is 4.58 Å². The van der Waals surface area contributed by atoms with E-state index in [1.54, 1.807) is 0 Å². The summed E-state index contributed by atoms with van der Waals surface area (Å²) in [5, 5.41) is 19.0. The van der Waals surface area contributed by atoms with Crippen molar-refractivity contribution in [3.05, 3.63) is 34.7 Å². The monoisotopic (exact) mass is 284 g/mol. The smallest absolute Gasteiger partial charge is 0.335 e. The quantitative estimate of drug-likeness (QED) is 0.633. The van der Waals surface area contributed by atoms with Gasteiger partial charge in [-0.1, -0.05) is 23.9 Å². The van der Waals surface area contributed by atoms with Gasteiger partial charge in [-0.15, -0.1) is 4.91 Å². The molecule has 104 valence electrons. The second-order valence-corrected chi connectivity index (χ2v) is 4.98. The minimum atomic E-state index is -1.18. The molecule has 0 unspecified atom stereocenters. The lowest BCUT2D eigenvalue weighted by Crippen LogP contribution is -3.06. The van der Waals surface area contributed by atoms with E-state index in [1.807, 2.05) is 0 Å². The Balaban J connectivity index is 0.000000191. The third-order valence-electron chi connectivity index (χ3n) is 2.70. The summed E-state index contributed by atoms with van der Waals surface area (Å²) in [7, 11) is 0. The third-order valence-corrected chi connectivity index (χ3v) is 3.44. The van der Waals surface area contributed by atoms with Crippen LogP contribution in [0.25, 0.3) is 0 Å². The maximum Gasteiger partial charge on any atom is 0.335 e. The van der Waals surface area contributed by atoms with Crippen LogP contribution >= 0.6 is 12.1 Å². The van der Waals surface area contributed by atoms with Gasteiger partial charge in [-0.05, 0) is 25.3 Å². The molecule has 0 saturated carbocycles. The minimum Gasteiger partial charge on any atom is -0.872 e. The van der Waals surface area contributed by atoms with E-state index in [2.05, 4.69) is 4.58 Å². The van der Waals surface area contributed by atoms with Crippen molar-refractivity contribution in [2.75, 3.05) is 13.1 Å². The van der Waals surface area contributed by atoms with Crippen LogP contribution < -0.4 is 9.41 Å². The first kappa shape index (κ1) is 15.5. The number of carbonyl (C=O) groups is 1. The Kier molecular flexibility index (Phi) is 6.91. The molecule has 7 heteroatoms. The van der Waals surface area contributed by atoms with Crippen molar-refractivity contribution in [1.29, 1.82) is 0 Å². The van der Waals surface area contributed by atoms with Crippen molar-refractivity contribution in [2.45, 2.75) is 19.3 Å². The van der Waals surface area contributed by atoms with Gasteiger partial charge in [0.05, 0.1) is 23.2 Å². The molecule has 1 aliphatic rings. The standard InChI is InChI=1S/C7H6O3.C5H10N2OS/c8-6-4-2-1-3-5(6)7(9)10;8-6-9-7-4-2-1-3-5-7/h1-4,8H,(H,9,10);1-5H2. The summed E-state index contributed by atoms with van der Waals surface area (Å²) in [6.45, 7) is 2.22. The van der Waals surface area contributed by atoms with Crippen LogP contribution in [0, 0.1) is 4.91 Å². The number of hydrogen-bond donors (Lipinski definition) is 2. The van der Waals surface area contributed by atoms with E-state index in [9.17, 15) is 14.8 Å². The lowest BCUT2D eigenvalue weighted by molar-refractivity contribution is -0.761. The van der Waals surface area contributed by atoms with Crippen molar-refractivity contribution < 1.29 is 19.3 Å². The normalized spacial score (nSPS) is 15.2.